The van der Waals surface area contributed by atoms with Crippen LogP contribution in [0, 0.1) is 0 Å². The molecule has 0 spiro atoms. The van der Waals surface area contributed by atoms with E-state index in [0.717, 1.165) is 119 Å². The third-order valence-corrected chi connectivity index (χ3v) is 15.6. The Morgan fingerprint density at radius 1 is 0.480 bits per heavy atom. The molecule has 0 saturated heterocycles. The number of nitrogens with one attached hydrogen (secondary N) is 1. The number of hydrogen-bond acceptors (Lipinski definition) is 6. The van der Waals surface area contributed by atoms with Crippen LogP contribution in [0.5, 0.6) is 0 Å². The molecular weight excluding hydrogens is 1190 g/mol. The number of rotatable bonds is 7. The van der Waals surface area contributed by atoms with Gasteiger partial charge in [0.15, 0.2) is 0 Å². The van der Waals surface area contributed by atoms with Crippen molar-refractivity contribution in [2.75, 3.05) is 11.1 Å². The van der Waals surface area contributed by atoms with E-state index in [0.29, 0.717) is 11.1 Å². The second-order valence-corrected chi connectivity index (χ2v) is 21.8. The maximum absolute atomic E-state index is 12.5. The van der Waals surface area contributed by atoms with Crippen LogP contribution in [0.3, 0.4) is 0 Å². The molecule has 0 saturated carbocycles. The first kappa shape index (κ1) is 50.0. The van der Waals surface area contributed by atoms with Gasteiger partial charge in [-0.2, -0.15) is 0 Å². The van der Waals surface area contributed by atoms with Gasteiger partial charge in [-0.1, -0.05) is 185 Å². The third kappa shape index (κ3) is 9.39. The highest BCUT2D eigenvalue weighted by molar-refractivity contribution is 9.11. The van der Waals surface area contributed by atoms with E-state index in [1.165, 1.54) is 0 Å². The molecule has 0 aliphatic heterocycles. The van der Waals surface area contributed by atoms with E-state index in [4.69, 9.17) is 10.7 Å². The molecule has 1 heterocycles. The first-order chi connectivity index (χ1) is 36.4. The number of nitrogens with two attached hydrogens (primary N) is 1. The predicted octanol–water partition coefficient (Wildman–Crippen LogP) is 16.8. The van der Waals surface area contributed by atoms with Gasteiger partial charge in [-0.3, -0.25) is 9.36 Å². The van der Waals surface area contributed by atoms with E-state index >= 15 is 0 Å². The molecular formula is C64H44Br4N4O3. The lowest BCUT2D eigenvalue weighted by Gasteiger charge is -2.27. The number of nitrogen functional groups attached to an aromatic ring is 1. The number of imidazole rings is 1. The predicted molar refractivity (Wildman–Crippen MR) is 318 cm³/mol. The molecule has 10 aromatic carbocycles. The van der Waals surface area contributed by atoms with Gasteiger partial charge in [0.25, 0.3) is 0 Å². The number of carbonyl (C=O) groups excluding carboxylic acids is 1. The van der Waals surface area contributed by atoms with Crippen LogP contribution in [-0.2, 0) is 11.2 Å². The second kappa shape index (κ2) is 20.8. The van der Waals surface area contributed by atoms with Gasteiger partial charge in [-0.05, 0) is 143 Å². The number of carbonyl (C=O) groups is 1. The molecule has 1 aromatic heterocycles. The van der Waals surface area contributed by atoms with Gasteiger partial charge in [-0.25, -0.2) is 4.98 Å². The van der Waals surface area contributed by atoms with Gasteiger partial charge >= 0.3 is 0 Å². The fourth-order valence-corrected chi connectivity index (χ4v) is 11.6. The van der Waals surface area contributed by atoms with Crippen LogP contribution in [0.4, 0.5) is 17.1 Å². The summed E-state index contributed by atoms with van der Waals surface area (Å²) in [6.07, 6.45) is 0.797. The number of benzene rings is 10. The summed E-state index contributed by atoms with van der Waals surface area (Å²) in [5.74, 6) is 0.833. The number of aromatic nitrogens is 2. The summed E-state index contributed by atoms with van der Waals surface area (Å²) in [4.78, 5) is 16.2. The summed E-state index contributed by atoms with van der Waals surface area (Å²) in [7, 11) is 0. The van der Waals surface area contributed by atoms with Crippen LogP contribution in [0.2, 0.25) is 0 Å². The zero-order valence-electron chi connectivity index (χ0n) is 39.8. The van der Waals surface area contributed by atoms with Crippen LogP contribution in [-0.4, -0.2) is 26.1 Å². The highest BCUT2D eigenvalue weighted by Gasteiger charge is 2.45. The highest BCUT2D eigenvalue weighted by atomic mass is 79.9. The summed E-state index contributed by atoms with van der Waals surface area (Å²) in [5, 5.41) is 27.6. The van der Waals surface area contributed by atoms with Gasteiger partial charge < -0.3 is 21.3 Å². The normalized spacial score (nSPS) is 13.0. The molecule has 0 fully saturated rings. The fraction of sp³-hybridized carbons (Fsp3) is 0.0312. The van der Waals surface area contributed by atoms with Crippen LogP contribution < -0.4 is 11.1 Å². The number of fused-ring (bicyclic) bond motifs is 7. The summed E-state index contributed by atoms with van der Waals surface area (Å²) in [6, 6.07) is 75.5. The Bertz CT molecular complexity index is 3850. The largest absolute Gasteiger partial charge is 0.397 e. The quantitative estimate of drug-likeness (QED) is 0.0934. The molecule has 2 aliphatic rings. The van der Waals surface area contributed by atoms with Gasteiger partial charge in [0.1, 0.15) is 23.3 Å². The number of halogens is 4. The summed E-state index contributed by atoms with van der Waals surface area (Å²) >= 11 is 14.2. The van der Waals surface area contributed by atoms with Gasteiger partial charge in [0, 0.05) is 62.6 Å². The molecule has 2 aliphatic carbocycles. The number of hydrogen-bond donors (Lipinski definition) is 4. The minimum Gasteiger partial charge on any atom is -0.397 e. The van der Waals surface area contributed by atoms with E-state index in [1.807, 2.05) is 170 Å². The SMILES string of the molecule is Nc1ccccc1Nc1ccccc1.O=Cc1cccc(C2(O)c3cc(Br)ccc3-c3ccc(Br)cc32)c1.OC1(c2cccc(-c3nc4ccccc4n3-c3ccccc3)c2)c2cc(Br)ccc2-c2ccc(Br)cc21. The summed E-state index contributed by atoms with van der Waals surface area (Å²) in [6.45, 7) is 0. The lowest BCUT2D eigenvalue weighted by molar-refractivity contribution is 0.112. The van der Waals surface area contributed by atoms with Crippen molar-refractivity contribution in [3.05, 3.63) is 287 Å². The molecule has 366 valence electrons. The van der Waals surface area contributed by atoms with E-state index in [2.05, 4.69) is 116 Å². The van der Waals surface area contributed by atoms with Crippen LogP contribution in [0.25, 0.3) is 50.4 Å². The van der Waals surface area contributed by atoms with Gasteiger partial charge in [-0.15, -0.1) is 0 Å². The number of aldehydes is 1. The third-order valence-electron chi connectivity index (χ3n) is 13.6. The second-order valence-electron chi connectivity index (χ2n) is 18.2. The molecule has 13 rings (SSSR count). The van der Waals surface area contributed by atoms with Crippen LogP contribution >= 0.6 is 63.7 Å². The number of anilines is 3. The zero-order chi connectivity index (χ0) is 51.8. The standard InChI is InChI=1S/C32H20Br2N2O.C20H12Br2O2.C12H12N2/c33-22-13-15-25-26-16-14-23(34)19-28(26)32(37,27(25)18-22)21-8-6-7-20(17-21)31-35-29-11-4-5-12-30(29)36(31)24-9-2-1-3-10-24;21-14-4-6-16-17-7-5-15(22)10-19(17)20(24,18(16)9-14)13-3-1-2-12(8-13)11-23;13-11-8-4-5-9-12(11)14-10-6-2-1-3-7-10/h1-19,37H;1-11,24H;1-9,14H,13H2. The molecule has 7 nitrogen and oxygen atoms in total. The van der Waals surface area contributed by atoms with Crippen molar-refractivity contribution in [2.45, 2.75) is 11.2 Å². The van der Waals surface area contributed by atoms with Crippen molar-refractivity contribution in [3.63, 3.8) is 0 Å². The first-order valence-electron chi connectivity index (χ1n) is 24.0. The minimum atomic E-state index is -1.31. The topological polar surface area (TPSA) is 113 Å². The Kier molecular flexibility index (Phi) is 13.9. The van der Waals surface area contributed by atoms with Crippen molar-refractivity contribution in [3.8, 4) is 39.3 Å². The molecule has 0 amide bonds. The Morgan fingerprint density at radius 3 is 1.48 bits per heavy atom. The van der Waals surface area contributed by atoms with Crippen molar-refractivity contribution in [1.82, 2.24) is 9.55 Å². The molecule has 0 radical (unpaired) electrons. The minimum absolute atomic E-state index is 0.543. The van der Waals surface area contributed by atoms with Crippen LogP contribution in [0.15, 0.2) is 248 Å². The smallest absolute Gasteiger partial charge is 0.150 e. The van der Waals surface area contributed by atoms with E-state index in [9.17, 15) is 15.0 Å². The molecule has 11 heteroatoms. The highest BCUT2D eigenvalue weighted by Crippen LogP contribution is 2.54. The number of para-hydroxylation sites is 6. The monoisotopic (exact) mass is 1230 g/mol. The summed E-state index contributed by atoms with van der Waals surface area (Å²) < 4.78 is 5.84. The lowest BCUT2D eigenvalue weighted by atomic mass is 9.83. The van der Waals surface area contributed by atoms with Gasteiger partial charge in [0.05, 0.1) is 22.4 Å². The molecule has 0 bridgehead atoms. The molecule has 0 unspecified atom stereocenters. The fourth-order valence-electron chi connectivity index (χ4n) is 10.2. The van der Waals surface area contributed by atoms with Crippen molar-refractivity contribution >= 4 is 98.1 Å². The van der Waals surface area contributed by atoms with Crippen molar-refractivity contribution in [1.29, 1.82) is 0 Å². The zero-order valence-corrected chi connectivity index (χ0v) is 46.1. The van der Waals surface area contributed by atoms with E-state index in [1.54, 1.807) is 18.2 Å². The first-order valence-corrected chi connectivity index (χ1v) is 27.1. The number of aliphatic hydroxyl groups is 2. The Labute approximate surface area is 467 Å². The average molecular weight is 1240 g/mol. The van der Waals surface area contributed by atoms with Gasteiger partial charge in [0.2, 0.25) is 0 Å². The molecule has 75 heavy (non-hydrogen) atoms. The Hall–Kier alpha value is -7.22. The molecule has 0 atom stereocenters. The maximum atomic E-state index is 12.5. The van der Waals surface area contributed by atoms with Crippen LogP contribution in [0.1, 0.15) is 43.7 Å². The van der Waals surface area contributed by atoms with E-state index < -0.39 is 11.2 Å². The molecule has 5 N–H and O–H groups in total. The maximum Gasteiger partial charge on any atom is 0.150 e. The van der Waals surface area contributed by atoms with E-state index in [-0.39, 0.29) is 0 Å². The van der Waals surface area contributed by atoms with Crippen molar-refractivity contribution < 1.29 is 15.0 Å². The average Bonchev–Trinajstić information content (AvgIpc) is 4.04. The Balaban J connectivity index is 0.000000135. The number of nitrogens with zero attached hydrogens (tertiary/aromatic N) is 2. The Morgan fingerprint density at radius 2 is 0.947 bits per heavy atom. The van der Waals surface area contributed by atoms with Crippen molar-refractivity contribution in [2.24, 2.45) is 0 Å². The summed E-state index contributed by atoms with van der Waals surface area (Å²) in [5.41, 5.74) is 19.4. The molecule has 11 aromatic rings. The lowest BCUT2D eigenvalue weighted by Crippen LogP contribution is -2.26.